The van der Waals surface area contributed by atoms with E-state index in [4.69, 9.17) is 4.74 Å². The Bertz CT molecular complexity index is 335. The van der Waals surface area contributed by atoms with Crippen LogP contribution in [0.25, 0.3) is 0 Å². The first-order valence-electron chi connectivity index (χ1n) is 6.60. The van der Waals surface area contributed by atoms with Gasteiger partial charge in [0.2, 0.25) is 0 Å². The number of hydrogen-bond acceptors (Lipinski definition) is 3. The van der Waals surface area contributed by atoms with Crippen molar-refractivity contribution in [3.63, 3.8) is 0 Å². The molecule has 0 fully saturated rings. The number of ether oxygens (including phenoxy) is 1. The summed E-state index contributed by atoms with van der Waals surface area (Å²) in [4.78, 5) is 0. The number of nitrogens with one attached hydrogen (secondary N) is 1. The molecule has 0 aliphatic carbocycles. The Hall–Kier alpha value is -1.06. The van der Waals surface area contributed by atoms with Gasteiger partial charge < -0.3 is 15.2 Å². The fourth-order valence-corrected chi connectivity index (χ4v) is 1.44. The monoisotopic (exact) mass is 251 g/mol. The van der Waals surface area contributed by atoms with E-state index < -0.39 is 6.10 Å². The van der Waals surface area contributed by atoms with Crippen molar-refractivity contribution in [2.45, 2.75) is 39.8 Å². The van der Waals surface area contributed by atoms with Crippen molar-refractivity contribution < 1.29 is 9.84 Å². The number of aliphatic hydroxyl groups is 1. The van der Waals surface area contributed by atoms with Crippen molar-refractivity contribution in [1.29, 1.82) is 0 Å². The van der Waals surface area contributed by atoms with Gasteiger partial charge in [0.15, 0.2) is 0 Å². The summed E-state index contributed by atoms with van der Waals surface area (Å²) in [6.07, 6.45) is -0.479. The Morgan fingerprint density at radius 2 is 1.78 bits per heavy atom. The Morgan fingerprint density at radius 3 is 2.33 bits per heavy atom. The highest BCUT2D eigenvalue weighted by molar-refractivity contribution is 5.26. The molecule has 0 saturated carbocycles. The van der Waals surface area contributed by atoms with E-state index in [1.54, 1.807) is 0 Å². The normalized spacial score (nSPS) is 14.6. The van der Waals surface area contributed by atoms with Gasteiger partial charge >= 0.3 is 0 Å². The third-order valence-electron chi connectivity index (χ3n) is 3.14. The molecule has 3 nitrogen and oxygen atoms in total. The van der Waals surface area contributed by atoms with E-state index >= 15 is 0 Å². The zero-order valence-electron chi connectivity index (χ0n) is 11.8. The van der Waals surface area contributed by atoms with Gasteiger partial charge in [-0.25, -0.2) is 0 Å². The van der Waals surface area contributed by atoms with Gasteiger partial charge in [0.25, 0.3) is 0 Å². The molecule has 1 aromatic rings. The number of aryl methyl sites for hydroxylation is 1. The van der Waals surface area contributed by atoms with Crippen molar-refractivity contribution in [3.05, 3.63) is 29.8 Å². The van der Waals surface area contributed by atoms with Gasteiger partial charge in [0, 0.05) is 12.6 Å². The van der Waals surface area contributed by atoms with Crippen LogP contribution in [0.5, 0.6) is 5.75 Å². The predicted molar refractivity (Wildman–Crippen MR) is 75.0 cm³/mol. The average molecular weight is 251 g/mol. The standard InChI is InChI=1S/C15H25NO2/c1-11(2)13(4)16-9-14(17)10-18-15-7-5-12(3)6-8-15/h5-8,11,13-14,16-17H,9-10H2,1-4H3. The van der Waals surface area contributed by atoms with Crippen molar-refractivity contribution in [1.82, 2.24) is 5.32 Å². The molecule has 0 spiro atoms. The highest BCUT2D eigenvalue weighted by Gasteiger charge is 2.10. The van der Waals surface area contributed by atoms with Gasteiger partial charge in [-0.1, -0.05) is 31.5 Å². The minimum atomic E-state index is -0.479. The van der Waals surface area contributed by atoms with Crippen LogP contribution in [-0.2, 0) is 0 Å². The van der Waals surface area contributed by atoms with E-state index in [1.807, 2.05) is 31.2 Å². The molecule has 0 radical (unpaired) electrons. The third kappa shape index (κ3) is 5.52. The fourth-order valence-electron chi connectivity index (χ4n) is 1.44. The first-order valence-corrected chi connectivity index (χ1v) is 6.60. The van der Waals surface area contributed by atoms with E-state index in [0.29, 0.717) is 25.1 Å². The minimum absolute atomic E-state index is 0.320. The van der Waals surface area contributed by atoms with E-state index in [-0.39, 0.29) is 0 Å². The van der Waals surface area contributed by atoms with Crippen molar-refractivity contribution in [3.8, 4) is 5.75 Å². The lowest BCUT2D eigenvalue weighted by Crippen LogP contribution is -2.38. The maximum Gasteiger partial charge on any atom is 0.119 e. The first-order chi connectivity index (χ1) is 8.49. The van der Waals surface area contributed by atoms with Crippen LogP contribution in [0.2, 0.25) is 0 Å². The average Bonchev–Trinajstić information content (AvgIpc) is 2.35. The van der Waals surface area contributed by atoms with Crippen LogP contribution in [0.3, 0.4) is 0 Å². The number of benzene rings is 1. The molecule has 0 aliphatic rings. The summed E-state index contributed by atoms with van der Waals surface area (Å²) < 4.78 is 5.53. The Labute approximate surface area is 110 Å². The SMILES string of the molecule is Cc1ccc(OCC(O)CNC(C)C(C)C)cc1. The van der Waals surface area contributed by atoms with E-state index in [2.05, 4.69) is 26.1 Å². The minimum Gasteiger partial charge on any atom is -0.491 e. The molecule has 3 heteroatoms. The van der Waals surface area contributed by atoms with Crippen LogP contribution in [-0.4, -0.2) is 30.4 Å². The van der Waals surface area contributed by atoms with E-state index in [0.717, 1.165) is 5.75 Å². The molecule has 0 saturated heterocycles. The lowest BCUT2D eigenvalue weighted by Gasteiger charge is -2.20. The molecule has 0 aliphatic heterocycles. The maximum absolute atomic E-state index is 9.81. The Kier molecular flexibility index (Phi) is 6.16. The van der Waals surface area contributed by atoms with Crippen LogP contribution in [0.15, 0.2) is 24.3 Å². The largest absolute Gasteiger partial charge is 0.491 e. The summed E-state index contributed by atoms with van der Waals surface area (Å²) in [6, 6.07) is 8.25. The van der Waals surface area contributed by atoms with Gasteiger partial charge in [-0.3, -0.25) is 0 Å². The highest BCUT2D eigenvalue weighted by Crippen LogP contribution is 2.11. The second kappa shape index (κ2) is 7.39. The molecule has 18 heavy (non-hydrogen) atoms. The fraction of sp³-hybridized carbons (Fsp3) is 0.600. The van der Waals surface area contributed by atoms with Gasteiger partial charge in [-0.15, -0.1) is 0 Å². The summed E-state index contributed by atoms with van der Waals surface area (Å²) in [6.45, 7) is 9.36. The van der Waals surface area contributed by atoms with Crippen LogP contribution in [0.1, 0.15) is 26.3 Å². The quantitative estimate of drug-likeness (QED) is 0.781. The predicted octanol–water partition coefficient (Wildman–Crippen LogP) is 2.37. The summed E-state index contributed by atoms with van der Waals surface area (Å²) in [5, 5.41) is 13.1. The Morgan fingerprint density at radius 1 is 1.17 bits per heavy atom. The first kappa shape index (κ1) is 15.0. The number of hydrogen-bond donors (Lipinski definition) is 2. The van der Waals surface area contributed by atoms with Gasteiger partial charge in [0.1, 0.15) is 18.5 Å². The molecular weight excluding hydrogens is 226 g/mol. The van der Waals surface area contributed by atoms with Crippen molar-refractivity contribution in [2.75, 3.05) is 13.2 Å². The van der Waals surface area contributed by atoms with Crippen LogP contribution < -0.4 is 10.1 Å². The second-order valence-electron chi connectivity index (χ2n) is 5.22. The summed E-state index contributed by atoms with van der Waals surface area (Å²) >= 11 is 0. The molecular formula is C15H25NO2. The zero-order valence-corrected chi connectivity index (χ0v) is 11.8. The Balaban J connectivity index is 2.24. The molecule has 2 unspecified atom stereocenters. The molecule has 2 N–H and O–H groups in total. The van der Waals surface area contributed by atoms with Gasteiger partial charge in [-0.2, -0.15) is 0 Å². The summed E-state index contributed by atoms with van der Waals surface area (Å²) in [5.41, 5.74) is 1.20. The molecule has 1 aromatic carbocycles. The summed E-state index contributed by atoms with van der Waals surface area (Å²) in [7, 11) is 0. The smallest absolute Gasteiger partial charge is 0.119 e. The summed E-state index contributed by atoms with van der Waals surface area (Å²) in [5.74, 6) is 1.37. The van der Waals surface area contributed by atoms with Gasteiger partial charge in [0.05, 0.1) is 0 Å². The van der Waals surface area contributed by atoms with Crippen LogP contribution in [0.4, 0.5) is 0 Å². The maximum atomic E-state index is 9.81. The number of aliphatic hydroxyl groups excluding tert-OH is 1. The highest BCUT2D eigenvalue weighted by atomic mass is 16.5. The van der Waals surface area contributed by atoms with E-state index in [1.165, 1.54) is 5.56 Å². The van der Waals surface area contributed by atoms with Crippen LogP contribution >= 0.6 is 0 Å². The molecule has 0 aromatic heterocycles. The van der Waals surface area contributed by atoms with E-state index in [9.17, 15) is 5.11 Å². The lowest BCUT2D eigenvalue weighted by atomic mass is 10.1. The molecule has 0 heterocycles. The second-order valence-corrected chi connectivity index (χ2v) is 5.22. The zero-order chi connectivity index (χ0) is 13.5. The number of rotatable bonds is 7. The third-order valence-corrected chi connectivity index (χ3v) is 3.14. The molecule has 0 bridgehead atoms. The van der Waals surface area contributed by atoms with Crippen molar-refractivity contribution in [2.24, 2.45) is 5.92 Å². The molecule has 1 rings (SSSR count). The molecule has 102 valence electrons. The topological polar surface area (TPSA) is 41.5 Å². The van der Waals surface area contributed by atoms with Gasteiger partial charge in [-0.05, 0) is 31.9 Å². The molecule has 0 amide bonds. The van der Waals surface area contributed by atoms with Crippen molar-refractivity contribution >= 4 is 0 Å². The molecule has 2 atom stereocenters. The van der Waals surface area contributed by atoms with Crippen LogP contribution in [0, 0.1) is 12.8 Å². The lowest BCUT2D eigenvalue weighted by molar-refractivity contribution is 0.102.